The highest BCUT2D eigenvalue weighted by Crippen LogP contribution is 2.20. The Morgan fingerprint density at radius 1 is 1.03 bits per heavy atom. The average Bonchev–Trinajstić information content (AvgIpc) is 2.83. The van der Waals surface area contributed by atoms with Gasteiger partial charge in [-0.25, -0.2) is 9.37 Å². The summed E-state index contributed by atoms with van der Waals surface area (Å²) in [6.45, 7) is 4.30. The Labute approximate surface area is 184 Å². The molecule has 6 nitrogen and oxygen atoms in total. The van der Waals surface area contributed by atoms with E-state index in [0.29, 0.717) is 6.04 Å². The highest BCUT2D eigenvalue weighted by Gasteiger charge is 2.19. The summed E-state index contributed by atoms with van der Waals surface area (Å²) in [6.07, 6.45) is 8.29. The molecule has 2 aliphatic rings. The summed E-state index contributed by atoms with van der Waals surface area (Å²) < 4.78 is 13.2. The number of benzene rings is 1. The van der Waals surface area contributed by atoms with E-state index in [0.717, 1.165) is 50.2 Å². The van der Waals surface area contributed by atoms with Crippen molar-refractivity contribution in [1.29, 1.82) is 0 Å². The van der Waals surface area contributed by atoms with Crippen molar-refractivity contribution in [1.82, 2.24) is 15.6 Å². The van der Waals surface area contributed by atoms with Crippen molar-refractivity contribution >= 4 is 17.5 Å². The molecule has 2 heterocycles. The molecule has 0 radical (unpaired) electrons. The van der Waals surface area contributed by atoms with Crippen LogP contribution in [0.25, 0.3) is 0 Å². The number of piperazine rings is 1. The van der Waals surface area contributed by atoms with Crippen molar-refractivity contribution in [3.63, 3.8) is 0 Å². The SMILES string of the molecule is CN=C(NCc1ccnc(N2CCN(c3ccc(F)cc3)CC2)c1)NC1CCCCC1. The van der Waals surface area contributed by atoms with Crippen LogP contribution in [0.15, 0.2) is 47.6 Å². The van der Waals surface area contributed by atoms with Gasteiger partial charge in [-0.1, -0.05) is 19.3 Å². The minimum absolute atomic E-state index is 0.192. The van der Waals surface area contributed by atoms with E-state index in [9.17, 15) is 4.39 Å². The first kappa shape index (κ1) is 21.4. The summed E-state index contributed by atoms with van der Waals surface area (Å²) >= 11 is 0. The summed E-state index contributed by atoms with van der Waals surface area (Å²) in [5.41, 5.74) is 2.27. The Bertz CT molecular complexity index is 855. The van der Waals surface area contributed by atoms with E-state index >= 15 is 0 Å². The van der Waals surface area contributed by atoms with Gasteiger partial charge in [-0.3, -0.25) is 4.99 Å². The fourth-order valence-corrected chi connectivity index (χ4v) is 4.41. The van der Waals surface area contributed by atoms with E-state index in [-0.39, 0.29) is 5.82 Å². The van der Waals surface area contributed by atoms with Crippen LogP contribution in [0.5, 0.6) is 0 Å². The Balaban J connectivity index is 1.29. The first-order valence-corrected chi connectivity index (χ1v) is 11.4. The zero-order valence-corrected chi connectivity index (χ0v) is 18.4. The van der Waals surface area contributed by atoms with Crippen LogP contribution in [0, 0.1) is 5.82 Å². The van der Waals surface area contributed by atoms with Crippen molar-refractivity contribution in [2.75, 3.05) is 43.0 Å². The fraction of sp³-hybridized carbons (Fsp3) is 0.500. The Morgan fingerprint density at radius 2 is 1.74 bits per heavy atom. The number of nitrogens with one attached hydrogen (secondary N) is 2. The Kier molecular flexibility index (Phi) is 7.22. The molecule has 2 fully saturated rings. The molecule has 166 valence electrons. The van der Waals surface area contributed by atoms with Crippen LogP contribution in [-0.4, -0.2) is 50.2 Å². The lowest BCUT2D eigenvalue weighted by Gasteiger charge is -2.36. The molecule has 0 spiro atoms. The van der Waals surface area contributed by atoms with Gasteiger partial charge in [0.1, 0.15) is 11.6 Å². The highest BCUT2D eigenvalue weighted by molar-refractivity contribution is 5.80. The van der Waals surface area contributed by atoms with Crippen molar-refractivity contribution in [2.45, 2.75) is 44.7 Å². The summed E-state index contributed by atoms with van der Waals surface area (Å²) in [5, 5.41) is 7.01. The van der Waals surface area contributed by atoms with Crippen LogP contribution in [0.2, 0.25) is 0 Å². The second-order valence-corrected chi connectivity index (χ2v) is 8.38. The van der Waals surface area contributed by atoms with Crippen molar-refractivity contribution in [3.8, 4) is 0 Å². The summed E-state index contributed by atoms with van der Waals surface area (Å²) in [6, 6.07) is 11.5. The van der Waals surface area contributed by atoms with Gasteiger partial charge in [0.2, 0.25) is 0 Å². The fourth-order valence-electron chi connectivity index (χ4n) is 4.41. The number of nitrogens with zero attached hydrogens (tertiary/aromatic N) is 4. The predicted octanol–water partition coefficient (Wildman–Crippen LogP) is 3.55. The molecule has 1 aromatic heterocycles. The maximum atomic E-state index is 13.2. The minimum Gasteiger partial charge on any atom is -0.368 e. The molecule has 7 heteroatoms. The molecule has 1 aliphatic heterocycles. The number of rotatable bonds is 5. The lowest BCUT2D eigenvalue weighted by atomic mass is 9.96. The highest BCUT2D eigenvalue weighted by atomic mass is 19.1. The normalized spacial score (nSPS) is 18.2. The zero-order valence-electron chi connectivity index (χ0n) is 18.4. The summed E-state index contributed by atoms with van der Waals surface area (Å²) in [5.74, 6) is 1.69. The molecule has 4 rings (SSSR count). The van der Waals surface area contributed by atoms with E-state index in [1.54, 1.807) is 0 Å². The van der Waals surface area contributed by atoms with Crippen LogP contribution in [0.4, 0.5) is 15.9 Å². The minimum atomic E-state index is -0.192. The molecule has 2 aromatic rings. The monoisotopic (exact) mass is 424 g/mol. The van der Waals surface area contributed by atoms with E-state index < -0.39 is 0 Å². The number of pyridine rings is 1. The molecule has 31 heavy (non-hydrogen) atoms. The van der Waals surface area contributed by atoms with Gasteiger partial charge in [0.05, 0.1) is 0 Å². The second-order valence-electron chi connectivity index (χ2n) is 8.38. The number of anilines is 2. The molecule has 1 saturated carbocycles. The maximum Gasteiger partial charge on any atom is 0.191 e. The standard InChI is InChI=1S/C24H33FN6/c1-26-24(29-21-5-3-2-4-6-21)28-18-19-11-12-27-23(17-19)31-15-13-30(14-16-31)22-9-7-20(25)8-10-22/h7-12,17,21H,2-6,13-16,18H2,1H3,(H2,26,28,29). The van der Waals surface area contributed by atoms with E-state index in [2.05, 4.69) is 42.5 Å². The van der Waals surface area contributed by atoms with Crippen LogP contribution >= 0.6 is 0 Å². The lowest BCUT2D eigenvalue weighted by molar-refractivity contribution is 0.410. The molecular formula is C24H33FN6. The molecule has 1 saturated heterocycles. The second kappa shape index (κ2) is 10.5. The van der Waals surface area contributed by atoms with Gasteiger partial charge in [-0.05, 0) is 54.8 Å². The van der Waals surface area contributed by atoms with Gasteiger partial charge in [0.15, 0.2) is 5.96 Å². The largest absolute Gasteiger partial charge is 0.368 e. The topological polar surface area (TPSA) is 55.8 Å². The molecular weight excluding hydrogens is 391 g/mol. The molecule has 0 bridgehead atoms. The quantitative estimate of drug-likeness (QED) is 0.568. The van der Waals surface area contributed by atoms with Crippen LogP contribution < -0.4 is 20.4 Å². The number of aromatic nitrogens is 1. The maximum absolute atomic E-state index is 13.2. The summed E-state index contributed by atoms with van der Waals surface area (Å²) in [4.78, 5) is 13.6. The van der Waals surface area contributed by atoms with Gasteiger partial charge in [0, 0.05) is 57.7 Å². The van der Waals surface area contributed by atoms with Crippen molar-refractivity contribution < 1.29 is 4.39 Å². The summed E-state index contributed by atoms with van der Waals surface area (Å²) in [7, 11) is 1.83. The number of halogens is 1. The molecule has 1 aliphatic carbocycles. The van der Waals surface area contributed by atoms with Crippen molar-refractivity contribution in [3.05, 3.63) is 54.0 Å². The molecule has 0 atom stereocenters. The lowest BCUT2D eigenvalue weighted by Crippen LogP contribution is -2.47. The van der Waals surface area contributed by atoms with Gasteiger partial charge in [-0.15, -0.1) is 0 Å². The average molecular weight is 425 g/mol. The van der Waals surface area contributed by atoms with E-state index in [4.69, 9.17) is 0 Å². The van der Waals surface area contributed by atoms with Gasteiger partial charge in [-0.2, -0.15) is 0 Å². The van der Waals surface area contributed by atoms with Crippen LogP contribution in [0.1, 0.15) is 37.7 Å². The molecule has 0 unspecified atom stereocenters. The number of hydrogen-bond donors (Lipinski definition) is 2. The number of guanidine groups is 1. The molecule has 1 aromatic carbocycles. The Morgan fingerprint density at radius 3 is 2.45 bits per heavy atom. The number of hydrogen-bond acceptors (Lipinski definition) is 4. The van der Waals surface area contributed by atoms with E-state index in [1.165, 1.54) is 49.8 Å². The zero-order chi connectivity index (χ0) is 21.5. The Hall–Kier alpha value is -2.83. The first-order chi connectivity index (χ1) is 15.2. The molecule has 2 N–H and O–H groups in total. The number of aliphatic imine (C=N–C) groups is 1. The predicted molar refractivity (Wildman–Crippen MR) is 125 cm³/mol. The van der Waals surface area contributed by atoms with Gasteiger partial charge >= 0.3 is 0 Å². The third-order valence-electron chi connectivity index (χ3n) is 6.23. The third kappa shape index (κ3) is 5.87. The van der Waals surface area contributed by atoms with Gasteiger partial charge < -0.3 is 20.4 Å². The third-order valence-corrected chi connectivity index (χ3v) is 6.23. The van der Waals surface area contributed by atoms with Gasteiger partial charge in [0.25, 0.3) is 0 Å². The van der Waals surface area contributed by atoms with Crippen LogP contribution in [0.3, 0.4) is 0 Å². The molecule has 0 amide bonds. The smallest absolute Gasteiger partial charge is 0.191 e. The van der Waals surface area contributed by atoms with Crippen LogP contribution in [-0.2, 0) is 6.54 Å². The van der Waals surface area contributed by atoms with E-state index in [1.807, 2.05) is 25.4 Å². The first-order valence-electron chi connectivity index (χ1n) is 11.4. The van der Waals surface area contributed by atoms with Crippen molar-refractivity contribution in [2.24, 2.45) is 4.99 Å².